The van der Waals surface area contributed by atoms with Crippen molar-refractivity contribution in [2.24, 2.45) is 0 Å². The number of likely N-dealkylation sites (tertiary alicyclic amines) is 1. The molecule has 6 nitrogen and oxygen atoms in total. The molecule has 1 aliphatic heterocycles. The first-order valence-corrected chi connectivity index (χ1v) is 6.78. The summed E-state index contributed by atoms with van der Waals surface area (Å²) in [5, 5.41) is 12.3. The first-order chi connectivity index (χ1) is 8.96. The summed E-state index contributed by atoms with van der Waals surface area (Å²) in [4.78, 5) is 35.5. The molecular formula is C13H22N2O4. The van der Waals surface area contributed by atoms with E-state index in [1.54, 1.807) is 0 Å². The van der Waals surface area contributed by atoms with Gasteiger partial charge in [0, 0.05) is 19.4 Å². The van der Waals surface area contributed by atoms with Gasteiger partial charge in [0.1, 0.15) is 5.54 Å². The molecule has 1 heterocycles. The number of nitrogens with one attached hydrogen (secondary N) is 1. The highest BCUT2D eigenvalue weighted by Crippen LogP contribution is 2.20. The lowest BCUT2D eigenvalue weighted by atomic mass is 9.90. The van der Waals surface area contributed by atoms with E-state index in [4.69, 9.17) is 0 Å². The van der Waals surface area contributed by atoms with E-state index in [2.05, 4.69) is 5.32 Å². The molecule has 0 aromatic heterocycles. The molecule has 1 atom stereocenters. The quantitative estimate of drug-likeness (QED) is 0.636. The van der Waals surface area contributed by atoms with Gasteiger partial charge in [0.2, 0.25) is 11.8 Å². The molecule has 108 valence electrons. The molecule has 1 rings (SSSR count). The Labute approximate surface area is 113 Å². The van der Waals surface area contributed by atoms with Crippen LogP contribution in [-0.4, -0.2) is 46.4 Å². The van der Waals surface area contributed by atoms with Gasteiger partial charge in [0.05, 0.1) is 0 Å². The summed E-state index contributed by atoms with van der Waals surface area (Å²) in [6.07, 6.45) is 1.94. The lowest BCUT2D eigenvalue weighted by Gasteiger charge is -2.29. The second-order valence-electron chi connectivity index (χ2n) is 4.81. The minimum Gasteiger partial charge on any atom is -0.480 e. The Bertz CT molecular complexity index is 354. The molecule has 2 N–H and O–H groups in total. The van der Waals surface area contributed by atoms with Crippen LogP contribution in [0.5, 0.6) is 0 Å². The molecule has 2 amide bonds. The van der Waals surface area contributed by atoms with E-state index in [1.807, 2.05) is 13.8 Å². The van der Waals surface area contributed by atoms with Gasteiger partial charge in [-0.15, -0.1) is 0 Å². The number of carboxylic acid groups (broad SMARTS) is 1. The highest BCUT2D eigenvalue weighted by atomic mass is 16.4. The third kappa shape index (κ3) is 3.53. The molecule has 0 aromatic carbocycles. The fraction of sp³-hybridized carbons (Fsp3) is 0.769. The van der Waals surface area contributed by atoms with Crippen molar-refractivity contribution >= 4 is 17.8 Å². The molecule has 0 bridgehead atoms. The highest BCUT2D eigenvalue weighted by Gasteiger charge is 2.36. The minimum atomic E-state index is -0.958. The Hall–Kier alpha value is -1.43. The smallest absolute Gasteiger partial charge is 0.323 e. The van der Waals surface area contributed by atoms with Crippen LogP contribution in [-0.2, 0) is 14.4 Å². The Morgan fingerprint density at radius 3 is 2.32 bits per heavy atom. The van der Waals surface area contributed by atoms with Crippen LogP contribution in [0, 0.1) is 0 Å². The average Bonchev–Trinajstić information content (AvgIpc) is 2.68. The van der Waals surface area contributed by atoms with Gasteiger partial charge in [-0.3, -0.25) is 19.3 Å². The molecule has 1 unspecified atom stereocenters. The number of amides is 2. The zero-order chi connectivity index (χ0) is 14.5. The summed E-state index contributed by atoms with van der Waals surface area (Å²) < 4.78 is 0. The molecular weight excluding hydrogens is 248 g/mol. The van der Waals surface area contributed by atoms with Crippen molar-refractivity contribution < 1.29 is 19.5 Å². The van der Waals surface area contributed by atoms with Gasteiger partial charge in [-0.25, -0.2) is 0 Å². The first kappa shape index (κ1) is 15.6. The van der Waals surface area contributed by atoms with E-state index in [9.17, 15) is 19.5 Å². The van der Waals surface area contributed by atoms with Crippen molar-refractivity contribution in [1.82, 2.24) is 10.2 Å². The maximum Gasteiger partial charge on any atom is 0.323 e. The van der Waals surface area contributed by atoms with Crippen LogP contribution >= 0.6 is 0 Å². The second-order valence-corrected chi connectivity index (χ2v) is 4.81. The van der Waals surface area contributed by atoms with Crippen molar-refractivity contribution in [1.29, 1.82) is 0 Å². The van der Waals surface area contributed by atoms with Gasteiger partial charge >= 0.3 is 5.97 Å². The van der Waals surface area contributed by atoms with Crippen LogP contribution < -0.4 is 5.32 Å². The number of carbonyl (C=O) groups excluding carboxylic acids is 2. The number of imide groups is 1. The molecule has 0 aliphatic carbocycles. The number of carboxylic acids is 1. The summed E-state index contributed by atoms with van der Waals surface area (Å²) in [5.41, 5.74) is -0.958. The van der Waals surface area contributed by atoms with Gasteiger partial charge in [-0.05, 0) is 25.8 Å². The molecule has 1 aliphatic rings. The number of aliphatic carboxylic acids is 1. The van der Waals surface area contributed by atoms with Crippen molar-refractivity contribution in [2.75, 3.05) is 13.1 Å². The third-order valence-corrected chi connectivity index (χ3v) is 3.67. The normalized spacial score (nSPS) is 18.7. The van der Waals surface area contributed by atoms with Gasteiger partial charge in [0.25, 0.3) is 0 Å². The van der Waals surface area contributed by atoms with Gasteiger partial charge in [-0.2, -0.15) is 0 Å². The number of likely N-dealkylation sites (N-methyl/N-ethyl adjacent to an activating group) is 1. The number of rotatable bonds is 8. The van der Waals surface area contributed by atoms with Crippen molar-refractivity contribution in [3.63, 3.8) is 0 Å². The summed E-state index contributed by atoms with van der Waals surface area (Å²) in [5.74, 6) is -1.17. The van der Waals surface area contributed by atoms with Crippen molar-refractivity contribution in [2.45, 2.75) is 51.5 Å². The Kier molecular flexibility index (Phi) is 5.47. The lowest BCUT2D eigenvalue weighted by Crippen LogP contribution is -2.52. The summed E-state index contributed by atoms with van der Waals surface area (Å²) >= 11 is 0. The van der Waals surface area contributed by atoms with Crippen molar-refractivity contribution in [3.8, 4) is 0 Å². The fourth-order valence-corrected chi connectivity index (χ4v) is 2.47. The van der Waals surface area contributed by atoms with Crippen LogP contribution in [0.15, 0.2) is 0 Å². The van der Waals surface area contributed by atoms with Gasteiger partial charge < -0.3 is 10.4 Å². The van der Waals surface area contributed by atoms with Crippen molar-refractivity contribution in [3.05, 3.63) is 0 Å². The Morgan fingerprint density at radius 2 is 1.89 bits per heavy atom. The Balaban J connectivity index is 2.55. The lowest BCUT2D eigenvalue weighted by molar-refractivity contribution is -0.145. The zero-order valence-corrected chi connectivity index (χ0v) is 11.6. The fourth-order valence-electron chi connectivity index (χ4n) is 2.47. The molecule has 0 aromatic rings. The van der Waals surface area contributed by atoms with Gasteiger partial charge in [-0.1, -0.05) is 13.8 Å². The largest absolute Gasteiger partial charge is 0.480 e. The third-order valence-electron chi connectivity index (χ3n) is 3.67. The van der Waals surface area contributed by atoms with E-state index >= 15 is 0 Å². The monoisotopic (exact) mass is 270 g/mol. The minimum absolute atomic E-state index is 0.147. The van der Waals surface area contributed by atoms with Crippen LogP contribution in [0.25, 0.3) is 0 Å². The van der Waals surface area contributed by atoms with Crippen LogP contribution in [0.1, 0.15) is 46.0 Å². The van der Waals surface area contributed by atoms with E-state index in [1.165, 1.54) is 4.90 Å². The molecule has 0 saturated carbocycles. The zero-order valence-electron chi connectivity index (χ0n) is 11.6. The molecule has 19 heavy (non-hydrogen) atoms. The number of nitrogens with zero attached hydrogens (tertiary/aromatic N) is 1. The molecule has 1 saturated heterocycles. The average molecular weight is 270 g/mol. The van der Waals surface area contributed by atoms with Crippen LogP contribution in [0.4, 0.5) is 0 Å². The second kappa shape index (κ2) is 6.65. The van der Waals surface area contributed by atoms with Gasteiger partial charge in [0.15, 0.2) is 0 Å². The Morgan fingerprint density at radius 1 is 1.32 bits per heavy atom. The van der Waals surface area contributed by atoms with Crippen LogP contribution in [0.3, 0.4) is 0 Å². The van der Waals surface area contributed by atoms with E-state index in [0.29, 0.717) is 32.4 Å². The number of hydrogen-bond donors (Lipinski definition) is 2. The molecule has 0 spiro atoms. The topological polar surface area (TPSA) is 86.7 Å². The predicted octanol–water partition coefficient (Wildman–Crippen LogP) is 0.758. The highest BCUT2D eigenvalue weighted by molar-refractivity contribution is 6.01. The van der Waals surface area contributed by atoms with E-state index < -0.39 is 11.5 Å². The van der Waals surface area contributed by atoms with Crippen LogP contribution in [0.2, 0.25) is 0 Å². The molecule has 0 radical (unpaired) electrons. The number of carbonyl (C=O) groups is 3. The molecule has 6 heteroatoms. The van der Waals surface area contributed by atoms with E-state index in [-0.39, 0.29) is 24.7 Å². The predicted molar refractivity (Wildman–Crippen MR) is 69.5 cm³/mol. The standard InChI is InChI=1S/C13H22N2O4/c1-3-13(12(18)19,14-4-2)8-5-9-15-10(16)6-7-11(15)17/h14H,3-9H2,1-2H3,(H,18,19). The summed E-state index contributed by atoms with van der Waals surface area (Å²) in [7, 11) is 0. The molecule has 1 fully saturated rings. The summed E-state index contributed by atoms with van der Waals surface area (Å²) in [6.45, 7) is 4.57. The number of hydrogen-bond acceptors (Lipinski definition) is 4. The SMILES string of the molecule is CCNC(CC)(CCCN1C(=O)CCC1=O)C(=O)O. The maximum atomic E-state index is 11.4. The maximum absolute atomic E-state index is 11.4. The summed E-state index contributed by atoms with van der Waals surface area (Å²) in [6, 6.07) is 0. The van der Waals surface area contributed by atoms with E-state index in [0.717, 1.165) is 0 Å². The first-order valence-electron chi connectivity index (χ1n) is 6.78.